The number of ether oxygens (including phenoxy) is 1. The van der Waals surface area contributed by atoms with Gasteiger partial charge in [-0.25, -0.2) is 0 Å². The van der Waals surface area contributed by atoms with Crippen molar-refractivity contribution < 1.29 is 14.3 Å². The summed E-state index contributed by atoms with van der Waals surface area (Å²) in [4.78, 5) is 25.9. The maximum atomic E-state index is 12.7. The number of nitrogens with zero attached hydrogens (tertiary/aromatic N) is 1. The van der Waals surface area contributed by atoms with E-state index in [-0.39, 0.29) is 18.6 Å². The Hall–Kier alpha value is -1.86. The molecule has 0 spiro atoms. The average Bonchev–Trinajstić information content (AvgIpc) is 2.88. The number of hydrogen-bond acceptors (Lipinski definition) is 5. The Balaban J connectivity index is 1.69. The zero-order chi connectivity index (χ0) is 17.8. The molecule has 1 aliphatic carbocycles. The van der Waals surface area contributed by atoms with Gasteiger partial charge in [-0.2, -0.15) is 0 Å². The lowest BCUT2D eigenvalue weighted by atomic mass is 9.94. The fraction of sp³-hybridized carbons (Fsp3) is 0.389. The third kappa shape index (κ3) is 4.41. The van der Waals surface area contributed by atoms with Crippen molar-refractivity contribution in [3.63, 3.8) is 0 Å². The van der Waals surface area contributed by atoms with E-state index >= 15 is 0 Å². The Morgan fingerprint density at radius 3 is 2.60 bits per heavy atom. The fourth-order valence-corrected chi connectivity index (χ4v) is 4.50. The monoisotopic (exact) mass is 376 g/mol. The summed E-state index contributed by atoms with van der Waals surface area (Å²) < 4.78 is 5.89. The van der Waals surface area contributed by atoms with Crippen molar-refractivity contribution in [3.8, 4) is 5.75 Å². The Morgan fingerprint density at radius 1 is 1.28 bits per heavy atom. The molecule has 3 rings (SSSR count). The van der Waals surface area contributed by atoms with Crippen LogP contribution >= 0.6 is 24.0 Å². The smallest absolute Gasteiger partial charge is 0.266 e. The van der Waals surface area contributed by atoms with Crippen LogP contribution in [-0.4, -0.2) is 33.7 Å². The van der Waals surface area contributed by atoms with Gasteiger partial charge in [0.05, 0.1) is 4.91 Å². The van der Waals surface area contributed by atoms with Gasteiger partial charge in [0.2, 0.25) is 0 Å². The summed E-state index contributed by atoms with van der Waals surface area (Å²) in [6.45, 7) is -0.153. The number of carbonyl (C=O) groups is 2. The third-order valence-electron chi connectivity index (χ3n) is 4.32. The van der Waals surface area contributed by atoms with Gasteiger partial charge in [0.1, 0.15) is 10.1 Å². The predicted octanol–water partition coefficient (Wildman–Crippen LogP) is 3.08. The average molecular weight is 377 g/mol. The molecule has 1 aromatic rings. The Bertz CT molecular complexity index is 710. The van der Waals surface area contributed by atoms with Crippen molar-refractivity contribution in [2.45, 2.75) is 38.1 Å². The van der Waals surface area contributed by atoms with Gasteiger partial charge in [0.15, 0.2) is 6.61 Å². The van der Waals surface area contributed by atoms with Crippen LogP contribution in [0.5, 0.6) is 5.75 Å². The normalized spacial score (nSPS) is 20.3. The van der Waals surface area contributed by atoms with Crippen LogP contribution in [0.15, 0.2) is 29.2 Å². The van der Waals surface area contributed by atoms with E-state index in [1.54, 1.807) is 17.0 Å². The molecule has 0 atom stereocenters. The maximum absolute atomic E-state index is 12.7. The van der Waals surface area contributed by atoms with Gasteiger partial charge >= 0.3 is 0 Å². The lowest BCUT2D eigenvalue weighted by Crippen LogP contribution is -2.39. The molecule has 1 saturated carbocycles. The second-order valence-electron chi connectivity index (χ2n) is 6.17. The second-order valence-corrected chi connectivity index (χ2v) is 7.84. The molecule has 5 nitrogen and oxygen atoms in total. The molecular formula is C18H20N2O3S2. The first-order valence-electron chi connectivity index (χ1n) is 8.33. The predicted molar refractivity (Wildman–Crippen MR) is 103 cm³/mol. The Labute approximate surface area is 156 Å². The van der Waals surface area contributed by atoms with E-state index in [2.05, 4.69) is 0 Å². The SMILES string of the molecule is NC(=O)COc1ccc(/C=C2\SC(=S)N(C3CCCCC3)C2=O)cc1. The molecule has 0 radical (unpaired) electrons. The Morgan fingerprint density at radius 2 is 1.96 bits per heavy atom. The zero-order valence-electron chi connectivity index (χ0n) is 13.8. The third-order valence-corrected chi connectivity index (χ3v) is 5.65. The van der Waals surface area contributed by atoms with E-state index in [1.165, 1.54) is 18.2 Å². The molecule has 2 amide bonds. The van der Waals surface area contributed by atoms with Crippen molar-refractivity contribution in [1.82, 2.24) is 4.90 Å². The van der Waals surface area contributed by atoms with E-state index in [4.69, 9.17) is 22.7 Å². The van der Waals surface area contributed by atoms with Gasteiger partial charge in [-0.05, 0) is 36.6 Å². The van der Waals surface area contributed by atoms with Crippen LogP contribution in [0.25, 0.3) is 6.08 Å². The summed E-state index contributed by atoms with van der Waals surface area (Å²) in [5, 5.41) is 0. The lowest BCUT2D eigenvalue weighted by Gasteiger charge is -2.29. The number of benzene rings is 1. The van der Waals surface area contributed by atoms with Crippen LogP contribution < -0.4 is 10.5 Å². The highest BCUT2D eigenvalue weighted by molar-refractivity contribution is 8.26. The van der Waals surface area contributed by atoms with Crippen LogP contribution in [0.3, 0.4) is 0 Å². The van der Waals surface area contributed by atoms with Crippen LogP contribution in [0, 0.1) is 0 Å². The van der Waals surface area contributed by atoms with Crippen LogP contribution in [0.2, 0.25) is 0 Å². The quantitative estimate of drug-likeness (QED) is 0.631. The molecule has 132 valence electrons. The van der Waals surface area contributed by atoms with Gasteiger partial charge in [0, 0.05) is 6.04 Å². The highest BCUT2D eigenvalue weighted by Crippen LogP contribution is 2.37. The topological polar surface area (TPSA) is 72.6 Å². The number of carbonyl (C=O) groups excluding carboxylic acids is 2. The first-order valence-corrected chi connectivity index (χ1v) is 9.55. The molecule has 2 N–H and O–H groups in total. The second kappa shape index (κ2) is 8.01. The van der Waals surface area contributed by atoms with Crippen LogP contribution in [-0.2, 0) is 9.59 Å². The number of hydrogen-bond donors (Lipinski definition) is 1. The molecule has 1 saturated heterocycles. The van der Waals surface area contributed by atoms with Gasteiger partial charge in [0.25, 0.3) is 11.8 Å². The van der Waals surface area contributed by atoms with Crippen molar-refractivity contribution in [2.24, 2.45) is 5.73 Å². The summed E-state index contributed by atoms with van der Waals surface area (Å²) in [6.07, 6.45) is 7.48. The molecule has 0 aromatic heterocycles. The Kier molecular flexibility index (Phi) is 5.75. The summed E-state index contributed by atoms with van der Waals surface area (Å²) in [6, 6.07) is 7.41. The largest absolute Gasteiger partial charge is 0.484 e. The van der Waals surface area contributed by atoms with Crippen LogP contribution in [0.4, 0.5) is 0 Å². The van der Waals surface area contributed by atoms with E-state index in [0.717, 1.165) is 31.2 Å². The molecule has 0 bridgehead atoms. The number of rotatable bonds is 5. The molecule has 2 aliphatic rings. The number of thiocarbonyl (C=S) groups is 1. The molecule has 7 heteroatoms. The van der Waals surface area contributed by atoms with E-state index in [9.17, 15) is 9.59 Å². The number of thioether (sulfide) groups is 1. The fourth-order valence-electron chi connectivity index (χ4n) is 3.10. The van der Waals surface area contributed by atoms with Gasteiger partial charge in [-0.15, -0.1) is 0 Å². The summed E-state index contributed by atoms with van der Waals surface area (Å²) in [7, 11) is 0. The molecule has 0 unspecified atom stereocenters. The first-order chi connectivity index (χ1) is 12.0. The lowest BCUT2D eigenvalue weighted by molar-refractivity contribution is -0.124. The molecule has 2 fully saturated rings. The minimum atomic E-state index is -0.518. The molecular weight excluding hydrogens is 356 g/mol. The summed E-state index contributed by atoms with van der Waals surface area (Å²) in [5.41, 5.74) is 5.94. The zero-order valence-corrected chi connectivity index (χ0v) is 15.4. The molecule has 1 aliphatic heterocycles. The minimum Gasteiger partial charge on any atom is -0.484 e. The molecule has 1 aromatic carbocycles. The minimum absolute atomic E-state index is 0.0101. The number of amides is 2. The van der Waals surface area contributed by atoms with Crippen molar-refractivity contribution in [1.29, 1.82) is 0 Å². The van der Waals surface area contributed by atoms with Crippen molar-refractivity contribution in [3.05, 3.63) is 34.7 Å². The van der Waals surface area contributed by atoms with Gasteiger partial charge in [-0.3, -0.25) is 14.5 Å². The molecule has 1 heterocycles. The van der Waals surface area contributed by atoms with E-state index < -0.39 is 5.91 Å². The van der Waals surface area contributed by atoms with E-state index in [1.807, 2.05) is 18.2 Å². The highest BCUT2D eigenvalue weighted by Gasteiger charge is 2.37. The number of nitrogens with two attached hydrogens (primary N) is 1. The highest BCUT2D eigenvalue weighted by atomic mass is 32.2. The van der Waals surface area contributed by atoms with Gasteiger partial charge < -0.3 is 10.5 Å². The number of primary amides is 1. The van der Waals surface area contributed by atoms with Gasteiger partial charge in [-0.1, -0.05) is 55.4 Å². The molecule has 25 heavy (non-hydrogen) atoms. The van der Waals surface area contributed by atoms with Crippen molar-refractivity contribution in [2.75, 3.05) is 6.61 Å². The summed E-state index contributed by atoms with van der Waals surface area (Å²) in [5.74, 6) is 0.0529. The van der Waals surface area contributed by atoms with E-state index in [0.29, 0.717) is 15.0 Å². The first kappa shape index (κ1) is 17.9. The van der Waals surface area contributed by atoms with Crippen molar-refractivity contribution >= 4 is 46.2 Å². The van der Waals surface area contributed by atoms with Crippen LogP contribution in [0.1, 0.15) is 37.7 Å². The maximum Gasteiger partial charge on any atom is 0.266 e. The summed E-state index contributed by atoms with van der Waals surface area (Å²) >= 11 is 6.80. The standard InChI is InChI=1S/C18H20N2O3S2/c19-16(21)11-23-14-8-6-12(7-9-14)10-15-17(22)20(18(24)25-15)13-4-2-1-3-5-13/h6-10,13H,1-5,11H2,(H2,19,21)/b15-10-.